The van der Waals surface area contributed by atoms with Crippen molar-refractivity contribution in [3.8, 4) is 5.75 Å². The first-order valence-corrected chi connectivity index (χ1v) is 6.33. The number of rotatable bonds is 3. The van der Waals surface area contributed by atoms with Gasteiger partial charge in [0.2, 0.25) is 5.91 Å². The number of phenolic OH excluding ortho intramolecular Hbond substituents is 1. The maximum Gasteiger partial charge on any atom is 0.339 e. The molecule has 6 heteroatoms. The number of phenols is 1. The van der Waals surface area contributed by atoms with Gasteiger partial charge in [0.15, 0.2) is 0 Å². The second kappa shape index (κ2) is 5.11. The number of carboxylic acids is 1. The van der Waals surface area contributed by atoms with Crippen molar-refractivity contribution in [1.29, 1.82) is 0 Å². The van der Waals surface area contributed by atoms with E-state index in [9.17, 15) is 19.1 Å². The zero-order valence-corrected chi connectivity index (χ0v) is 11.3. The Balaban J connectivity index is 2.34. The molecular weight excluding hydrogens is 265 g/mol. The summed E-state index contributed by atoms with van der Waals surface area (Å²) in [6.45, 7) is 3.93. The predicted octanol–water partition coefficient (Wildman–Crippen LogP) is 1.91. The zero-order valence-electron chi connectivity index (χ0n) is 11.3. The van der Waals surface area contributed by atoms with E-state index in [1.165, 1.54) is 6.92 Å². The molecule has 0 bridgehead atoms. The highest BCUT2D eigenvalue weighted by Gasteiger charge is 2.28. The number of nitrogens with zero attached hydrogens (tertiary/aromatic N) is 1. The predicted molar refractivity (Wildman–Crippen MR) is 69.0 cm³/mol. The number of aromatic hydroxyl groups is 1. The molecule has 5 nitrogen and oxygen atoms in total. The molecule has 0 spiro atoms. The lowest BCUT2D eigenvalue weighted by Crippen LogP contribution is -2.24. The zero-order chi connectivity index (χ0) is 15.0. The molecule has 1 aromatic carbocycles. The minimum Gasteiger partial charge on any atom is -0.507 e. The molecule has 1 aromatic rings. The van der Waals surface area contributed by atoms with Gasteiger partial charge in [0.05, 0.1) is 0 Å². The normalized spacial score (nSPS) is 18.6. The van der Waals surface area contributed by atoms with Crippen molar-refractivity contribution in [3.63, 3.8) is 0 Å². The van der Waals surface area contributed by atoms with Gasteiger partial charge in [-0.1, -0.05) is 6.92 Å². The molecule has 0 aromatic heterocycles. The topological polar surface area (TPSA) is 77.8 Å². The number of carbonyl (C=O) groups is 2. The first-order valence-electron chi connectivity index (χ1n) is 6.33. The lowest BCUT2D eigenvalue weighted by atomic mass is 10.0. The lowest BCUT2D eigenvalue weighted by molar-refractivity contribution is -0.128. The van der Waals surface area contributed by atoms with E-state index in [-0.39, 0.29) is 35.2 Å². The molecule has 2 rings (SSSR count). The molecular formula is C14H16FNO4. The van der Waals surface area contributed by atoms with E-state index in [0.717, 1.165) is 6.07 Å². The fourth-order valence-corrected chi connectivity index (χ4v) is 2.54. The average Bonchev–Trinajstić information content (AvgIpc) is 2.64. The van der Waals surface area contributed by atoms with Crippen LogP contribution >= 0.6 is 0 Å². The highest BCUT2D eigenvalue weighted by Crippen LogP contribution is 2.30. The Morgan fingerprint density at radius 2 is 2.20 bits per heavy atom. The molecule has 0 aliphatic carbocycles. The summed E-state index contributed by atoms with van der Waals surface area (Å²) in [5.41, 5.74) is -0.327. The summed E-state index contributed by atoms with van der Waals surface area (Å²) in [5, 5.41) is 18.9. The Labute approximate surface area is 115 Å². The molecule has 1 aliphatic heterocycles. The van der Waals surface area contributed by atoms with Gasteiger partial charge in [0.25, 0.3) is 0 Å². The number of benzene rings is 1. The van der Waals surface area contributed by atoms with Gasteiger partial charge in [-0.25, -0.2) is 9.18 Å². The van der Waals surface area contributed by atoms with E-state index >= 15 is 0 Å². The van der Waals surface area contributed by atoms with Crippen molar-refractivity contribution in [1.82, 2.24) is 4.90 Å². The minimum absolute atomic E-state index is 0.0211. The molecule has 0 radical (unpaired) electrons. The molecule has 1 aliphatic rings. The third kappa shape index (κ3) is 2.45. The SMILES string of the molecule is Cc1c(O)c(CN2CC(C)CC2=O)cc(F)c1C(=O)O. The van der Waals surface area contributed by atoms with Crippen LogP contribution in [0.2, 0.25) is 0 Å². The summed E-state index contributed by atoms with van der Waals surface area (Å²) in [6.07, 6.45) is 0.440. The Bertz CT molecular complexity index is 585. The van der Waals surface area contributed by atoms with Crippen LogP contribution in [0.3, 0.4) is 0 Å². The van der Waals surface area contributed by atoms with Gasteiger partial charge in [-0.15, -0.1) is 0 Å². The van der Waals surface area contributed by atoms with Gasteiger partial charge in [0.1, 0.15) is 17.1 Å². The van der Waals surface area contributed by atoms with Crippen molar-refractivity contribution in [2.45, 2.75) is 26.8 Å². The molecule has 1 amide bonds. The standard InChI is InChI=1S/C14H16FNO4/c1-7-3-11(17)16(5-7)6-9-4-10(15)12(14(19)20)8(2)13(9)18/h4,7,18H,3,5-6H2,1-2H3,(H,19,20). The molecule has 1 heterocycles. The van der Waals surface area contributed by atoms with E-state index in [1.54, 1.807) is 4.90 Å². The van der Waals surface area contributed by atoms with Crippen molar-refractivity contribution >= 4 is 11.9 Å². The minimum atomic E-state index is -1.42. The Kier molecular flexibility index (Phi) is 3.65. The summed E-state index contributed by atoms with van der Waals surface area (Å²) >= 11 is 0. The summed E-state index contributed by atoms with van der Waals surface area (Å²) in [5.74, 6) is -2.41. The molecule has 1 unspecified atom stereocenters. The first-order chi connectivity index (χ1) is 9.31. The van der Waals surface area contributed by atoms with Gasteiger partial charge < -0.3 is 15.1 Å². The van der Waals surface area contributed by atoms with E-state index in [4.69, 9.17) is 5.11 Å². The highest BCUT2D eigenvalue weighted by molar-refractivity contribution is 5.90. The number of halogens is 1. The first kappa shape index (κ1) is 14.3. The van der Waals surface area contributed by atoms with Crippen molar-refractivity contribution < 1.29 is 24.2 Å². The Hall–Kier alpha value is -2.11. The van der Waals surface area contributed by atoms with E-state index in [0.29, 0.717) is 13.0 Å². The van der Waals surface area contributed by atoms with Crippen molar-refractivity contribution in [3.05, 3.63) is 28.6 Å². The smallest absolute Gasteiger partial charge is 0.339 e. The number of carboxylic acid groups (broad SMARTS) is 1. The Morgan fingerprint density at radius 1 is 1.55 bits per heavy atom. The summed E-state index contributed by atoms with van der Waals surface area (Å²) in [6, 6.07) is 0.988. The van der Waals surface area contributed by atoms with Crippen LogP contribution in [0.25, 0.3) is 0 Å². The van der Waals surface area contributed by atoms with E-state index < -0.39 is 17.3 Å². The third-order valence-corrected chi connectivity index (χ3v) is 3.56. The molecule has 1 fully saturated rings. The van der Waals surface area contributed by atoms with Gasteiger partial charge in [-0.2, -0.15) is 0 Å². The van der Waals surface area contributed by atoms with Crippen LogP contribution in [-0.2, 0) is 11.3 Å². The van der Waals surface area contributed by atoms with Crippen molar-refractivity contribution in [2.24, 2.45) is 5.92 Å². The maximum atomic E-state index is 13.8. The summed E-state index contributed by atoms with van der Waals surface area (Å²) in [4.78, 5) is 24.2. The maximum absolute atomic E-state index is 13.8. The molecule has 1 saturated heterocycles. The molecule has 20 heavy (non-hydrogen) atoms. The van der Waals surface area contributed by atoms with Crippen LogP contribution in [0, 0.1) is 18.7 Å². The van der Waals surface area contributed by atoms with Crippen molar-refractivity contribution in [2.75, 3.05) is 6.54 Å². The van der Waals surface area contributed by atoms with Crippen LogP contribution in [0.1, 0.15) is 34.8 Å². The molecule has 108 valence electrons. The van der Waals surface area contributed by atoms with Crippen LogP contribution in [0.5, 0.6) is 5.75 Å². The van der Waals surface area contributed by atoms with Crippen LogP contribution < -0.4 is 0 Å². The molecule has 2 N–H and O–H groups in total. The quantitative estimate of drug-likeness (QED) is 0.887. The third-order valence-electron chi connectivity index (χ3n) is 3.56. The van der Waals surface area contributed by atoms with Crippen LogP contribution in [-0.4, -0.2) is 33.5 Å². The fraction of sp³-hybridized carbons (Fsp3) is 0.429. The molecule has 1 atom stereocenters. The molecule has 0 saturated carbocycles. The van der Waals surface area contributed by atoms with Gasteiger partial charge >= 0.3 is 5.97 Å². The summed E-state index contributed by atoms with van der Waals surface area (Å²) < 4.78 is 13.8. The van der Waals surface area contributed by atoms with Crippen LogP contribution in [0.4, 0.5) is 4.39 Å². The number of likely N-dealkylation sites (tertiary alicyclic amines) is 1. The number of hydrogen-bond acceptors (Lipinski definition) is 3. The monoisotopic (exact) mass is 281 g/mol. The van der Waals surface area contributed by atoms with Crippen LogP contribution in [0.15, 0.2) is 6.07 Å². The number of hydrogen-bond donors (Lipinski definition) is 2. The highest BCUT2D eigenvalue weighted by atomic mass is 19.1. The average molecular weight is 281 g/mol. The number of carbonyl (C=O) groups excluding carboxylic acids is 1. The second-order valence-electron chi connectivity index (χ2n) is 5.25. The summed E-state index contributed by atoms with van der Waals surface area (Å²) in [7, 11) is 0. The van der Waals surface area contributed by atoms with Gasteiger partial charge in [-0.05, 0) is 18.9 Å². The number of aromatic carboxylic acids is 1. The van der Waals surface area contributed by atoms with E-state index in [1.807, 2.05) is 6.92 Å². The lowest BCUT2D eigenvalue weighted by Gasteiger charge is -2.18. The second-order valence-corrected chi connectivity index (χ2v) is 5.25. The number of amides is 1. The van der Waals surface area contributed by atoms with Gasteiger partial charge in [-0.3, -0.25) is 4.79 Å². The van der Waals surface area contributed by atoms with E-state index in [2.05, 4.69) is 0 Å². The van der Waals surface area contributed by atoms with Gasteiger partial charge in [0, 0.05) is 30.6 Å². The largest absolute Gasteiger partial charge is 0.507 e. The Morgan fingerprint density at radius 3 is 2.70 bits per heavy atom. The fourth-order valence-electron chi connectivity index (χ4n) is 2.54.